The maximum Gasteiger partial charge on any atom is 0.263 e. The first-order valence-corrected chi connectivity index (χ1v) is 8.31. The van der Waals surface area contributed by atoms with Crippen LogP contribution in [0.1, 0.15) is 31.7 Å². The number of benzene rings is 1. The van der Waals surface area contributed by atoms with Gasteiger partial charge in [0.2, 0.25) is 0 Å². The van der Waals surface area contributed by atoms with Gasteiger partial charge in [0, 0.05) is 19.6 Å². The Balaban J connectivity index is 1.54. The molecule has 1 N–H and O–H groups in total. The molecule has 1 atom stereocenters. The molecule has 1 aromatic carbocycles. The van der Waals surface area contributed by atoms with Crippen LogP contribution in [-0.4, -0.2) is 43.1 Å². The van der Waals surface area contributed by atoms with Crippen molar-refractivity contribution < 1.29 is 9.53 Å². The molecular weight excluding hydrogens is 276 g/mol. The molecule has 2 aliphatic rings. The number of likely N-dealkylation sites (tertiary alicyclic amines) is 1. The summed E-state index contributed by atoms with van der Waals surface area (Å²) in [5.74, 6) is 0.876. The normalized spacial score (nSPS) is 21.8. The molecule has 2 heterocycles. The first-order chi connectivity index (χ1) is 10.6. The Morgan fingerprint density at radius 1 is 1.23 bits per heavy atom. The highest BCUT2D eigenvalue weighted by atomic mass is 16.5. The number of hydrogen-bond donors (Lipinski definition) is 1. The van der Waals surface area contributed by atoms with Gasteiger partial charge in [0.25, 0.3) is 5.91 Å². The smallest absolute Gasteiger partial charge is 0.263 e. The van der Waals surface area contributed by atoms with Gasteiger partial charge >= 0.3 is 0 Å². The summed E-state index contributed by atoms with van der Waals surface area (Å²) in [5.41, 5.74) is 1.63. The Morgan fingerprint density at radius 3 is 2.50 bits per heavy atom. The number of amides is 1. The van der Waals surface area contributed by atoms with Gasteiger partial charge in [-0.25, -0.2) is 0 Å². The van der Waals surface area contributed by atoms with Gasteiger partial charge in [-0.15, -0.1) is 0 Å². The predicted octanol–water partition coefficient (Wildman–Crippen LogP) is 2.36. The van der Waals surface area contributed by atoms with E-state index in [1.54, 1.807) is 0 Å². The average molecular weight is 302 g/mol. The second-order valence-electron chi connectivity index (χ2n) is 6.83. The molecule has 0 bridgehead atoms. The quantitative estimate of drug-likeness (QED) is 0.932. The molecule has 1 unspecified atom stereocenters. The van der Waals surface area contributed by atoms with Crippen molar-refractivity contribution in [1.82, 2.24) is 10.2 Å². The third kappa shape index (κ3) is 3.27. The Labute approximate surface area is 132 Å². The van der Waals surface area contributed by atoms with Crippen molar-refractivity contribution in [1.29, 1.82) is 0 Å². The number of nitrogens with one attached hydrogen (secondary N) is 1. The van der Waals surface area contributed by atoms with Gasteiger partial charge in [-0.1, -0.05) is 17.7 Å². The molecule has 1 amide bonds. The first kappa shape index (κ1) is 15.3. The summed E-state index contributed by atoms with van der Waals surface area (Å²) >= 11 is 0. The monoisotopic (exact) mass is 302 g/mol. The van der Waals surface area contributed by atoms with Crippen molar-refractivity contribution in [2.45, 2.75) is 39.2 Å². The van der Waals surface area contributed by atoms with E-state index in [0.29, 0.717) is 5.41 Å². The van der Waals surface area contributed by atoms with E-state index >= 15 is 0 Å². The molecule has 2 aliphatic heterocycles. The van der Waals surface area contributed by atoms with Crippen molar-refractivity contribution in [3.05, 3.63) is 29.8 Å². The first-order valence-electron chi connectivity index (χ1n) is 8.31. The van der Waals surface area contributed by atoms with E-state index in [1.165, 1.54) is 12.0 Å². The summed E-state index contributed by atoms with van der Waals surface area (Å²) in [6, 6.07) is 7.86. The van der Waals surface area contributed by atoms with Gasteiger partial charge in [-0.3, -0.25) is 4.79 Å². The summed E-state index contributed by atoms with van der Waals surface area (Å²) in [4.78, 5) is 14.5. The fraction of sp³-hybridized carbons (Fsp3) is 0.611. The summed E-state index contributed by atoms with van der Waals surface area (Å²) in [6.07, 6.45) is 3.06. The lowest BCUT2D eigenvalue weighted by Crippen LogP contribution is -2.48. The number of rotatable bonds is 3. The molecule has 2 fully saturated rings. The lowest BCUT2D eigenvalue weighted by Gasteiger charge is -2.39. The van der Waals surface area contributed by atoms with Crippen LogP contribution in [0.5, 0.6) is 5.75 Å². The summed E-state index contributed by atoms with van der Waals surface area (Å²) in [6.45, 7) is 7.86. The summed E-state index contributed by atoms with van der Waals surface area (Å²) in [7, 11) is 0. The van der Waals surface area contributed by atoms with E-state index in [4.69, 9.17) is 4.74 Å². The maximum atomic E-state index is 12.6. The molecular formula is C18H26N2O2. The van der Waals surface area contributed by atoms with Crippen LogP contribution < -0.4 is 10.1 Å². The topological polar surface area (TPSA) is 41.6 Å². The number of ether oxygens (including phenoxy) is 1. The van der Waals surface area contributed by atoms with Crippen molar-refractivity contribution in [2.75, 3.05) is 26.2 Å². The zero-order chi connectivity index (χ0) is 15.6. The van der Waals surface area contributed by atoms with Gasteiger partial charge in [0.1, 0.15) is 5.75 Å². The van der Waals surface area contributed by atoms with E-state index in [1.807, 2.05) is 43.0 Å². The van der Waals surface area contributed by atoms with Crippen LogP contribution in [0.2, 0.25) is 0 Å². The van der Waals surface area contributed by atoms with Gasteiger partial charge in [-0.2, -0.15) is 0 Å². The van der Waals surface area contributed by atoms with Crippen LogP contribution in [0, 0.1) is 12.3 Å². The van der Waals surface area contributed by atoms with Crippen LogP contribution in [0.4, 0.5) is 0 Å². The second-order valence-corrected chi connectivity index (χ2v) is 6.83. The lowest BCUT2D eigenvalue weighted by atomic mass is 9.78. The van der Waals surface area contributed by atoms with Gasteiger partial charge in [0.05, 0.1) is 0 Å². The largest absolute Gasteiger partial charge is 0.481 e. The number of nitrogens with zero attached hydrogens (tertiary/aromatic N) is 1. The van der Waals surface area contributed by atoms with E-state index in [9.17, 15) is 4.79 Å². The summed E-state index contributed by atoms with van der Waals surface area (Å²) < 4.78 is 5.80. The highest BCUT2D eigenvalue weighted by Gasteiger charge is 2.38. The zero-order valence-electron chi connectivity index (χ0n) is 13.6. The van der Waals surface area contributed by atoms with Gasteiger partial charge in [-0.05, 0) is 57.2 Å². The van der Waals surface area contributed by atoms with Crippen molar-refractivity contribution in [2.24, 2.45) is 5.41 Å². The predicted molar refractivity (Wildman–Crippen MR) is 87.0 cm³/mol. The molecule has 0 aromatic heterocycles. The van der Waals surface area contributed by atoms with Crippen LogP contribution in [0.25, 0.3) is 0 Å². The molecule has 2 saturated heterocycles. The SMILES string of the molecule is Cc1ccc(OC(C)C(=O)N2CCC3(CCNC3)CC2)cc1. The number of carbonyl (C=O) groups excluding carboxylic acids is 1. The summed E-state index contributed by atoms with van der Waals surface area (Å²) in [5, 5.41) is 3.46. The zero-order valence-corrected chi connectivity index (χ0v) is 13.6. The Hall–Kier alpha value is -1.55. The van der Waals surface area contributed by atoms with E-state index in [2.05, 4.69) is 5.32 Å². The lowest BCUT2D eigenvalue weighted by molar-refractivity contribution is -0.140. The second kappa shape index (κ2) is 6.29. The number of aryl methyl sites for hydroxylation is 1. The van der Waals surface area contributed by atoms with E-state index in [-0.39, 0.29) is 5.91 Å². The van der Waals surface area contributed by atoms with Crippen LogP contribution in [-0.2, 0) is 4.79 Å². The minimum absolute atomic E-state index is 0.112. The minimum atomic E-state index is -0.418. The number of piperidine rings is 1. The third-order valence-electron chi connectivity index (χ3n) is 5.15. The average Bonchev–Trinajstić information content (AvgIpc) is 2.98. The van der Waals surface area contributed by atoms with Crippen molar-refractivity contribution in [3.63, 3.8) is 0 Å². The molecule has 4 heteroatoms. The minimum Gasteiger partial charge on any atom is -0.481 e. The molecule has 4 nitrogen and oxygen atoms in total. The van der Waals surface area contributed by atoms with Crippen LogP contribution in [0.3, 0.4) is 0 Å². The molecule has 1 spiro atoms. The van der Waals surface area contributed by atoms with E-state index in [0.717, 1.165) is 44.8 Å². The molecule has 120 valence electrons. The number of carbonyl (C=O) groups is 1. The van der Waals surface area contributed by atoms with Crippen molar-refractivity contribution >= 4 is 5.91 Å². The standard InChI is InChI=1S/C18H26N2O2/c1-14-3-5-16(6-4-14)22-15(2)17(21)20-11-8-18(9-12-20)7-10-19-13-18/h3-6,15,19H,7-13H2,1-2H3. The van der Waals surface area contributed by atoms with E-state index < -0.39 is 6.10 Å². The highest BCUT2D eigenvalue weighted by Crippen LogP contribution is 2.37. The fourth-order valence-corrected chi connectivity index (χ4v) is 3.55. The van der Waals surface area contributed by atoms with Crippen LogP contribution in [0.15, 0.2) is 24.3 Å². The fourth-order valence-electron chi connectivity index (χ4n) is 3.55. The van der Waals surface area contributed by atoms with Gasteiger partial charge in [0.15, 0.2) is 6.10 Å². The Morgan fingerprint density at radius 2 is 1.91 bits per heavy atom. The van der Waals surface area contributed by atoms with Gasteiger partial charge < -0.3 is 15.0 Å². The Kier molecular flexibility index (Phi) is 4.39. The Bertz CT molecular complexity index is 510. The molecule has 22 heavy (non-hydrogen) atoms. The highest BCUT2D eigenvalue weighted by molar-refractivity contribution is 5.81. The molecule has 0 aliphatic carbocycles. The molecule has 1 aromatic rings. The maximum absolute atomic E-state index is 12.6. The third-order valence-corrected chi connectivity index (χ3v) is 5.15. The number of hydrogen-bond acceptors (Lipinski definition) is 3. The molecule has 0 radical (unpaired) electrons. The molecule has 3 rings (SSSR count). The van der Waals surface area contributed by atoms with Crippen LogP contribution >= 0.6 is 0 Å². The van der Waals surface area contributed by atoms with Crippen molar-refractivity contribution in [3.8, 4) is 5.75 Å². The molecule has 0 saturated carbocycles.